The Balaban J connectivity index is 1.43. The molecule has 1 heterocycles. The summed E-state index contributed by atoms with van der Waals surface area (Å²) in [4.78, 5) is 12.1. The summed E-state index contributed by atoms with van der Waals surface area (Å²) in [6, 6.07) is 17.9. The fourth-order valence-electron chi connectivity index (χ4n) is 2.91. The second-order valence-corrected chi connectivity index (χ2v) is 6.14. The van der Waals surface area contributed by atoms with Gasteiger partial charge in [-0.25, -0.2) is 0 Å². The van der Waals surface area contributed by atoms with Crippen molar-refractivity contribution in [1.29, 1.82) is 0 Å². The number of ether oxygens (including phenoxy) is 1. The largest absolute Gasteiger partial charge is 0.489 e. The minimum Gasteiger partial charge on any atom is -0.489 e. The summed E-state index contributed by atoms with van der Waals surface area (Å²) in [5, 5.41) is 6.42. The smallest absolute Gasteiger partial charge is 0.251 e. The molecular weight excluding hydrogens is 300 g/mol. The van der Waals surface area contributed by atoms with Gasteiger partial charge in [0.15, 0.2) is 0 Å². The lowest BCUT2D eigenvalue weighted by molar-refractivity contribution is 0.0952. The normalized spacial score (nSPS) is 16.8. The van der Waals surface area contributed by atoms with Gasteiger partial charge in [-0.2, -0.15) is 0 Å². The molecule has 2 N–H and O–H groups in total. The number of benzene rings is 2. The molecule has 1 saturated heterocycles. The molecule has 1 aliphatic heterocycles. The molecule has 0 radical (unpaired) electrons. The number of amides is 1. The van der Waals surface area contributed by atoms with E-state index in [1.165, 1.54) is 12.8 Å². The minimum absolute atomic E-state index is 0.0254. The van der Waals surface area contributed by atoms with Gasteiger partial charge in [0.2, 0.25) is 0 Å². The van der Waals surface area contributed by atoms with Crippen LogP contribution in [0.25, 0.3) is 0 Å². The summed E-state index contributed by atoms with van der Waals surface area (Å²) in [5.74, 6) is 0.744. The fourth-order valence-corrected chi connectivity index (χ4v) is 2.91. The number of hydrogen-bond acceptors (Lipinski definition) is 3. The zero-order valence-electron chi connectivity index (χ0n) is 13.8. The molecule has 2 aromatic carbocycles. The highest BCUT2D eigenvalue weighted by Gasteiger charge is 2.14. The summed E-state index contributed by atoms with van der Waals surface area (Å²) < 4.78 is 5.74. The van der Waals surface area contributed by atoms with Gasteiger partial charge in [0.1, 0.15) is 12.4 Å². The zero-order chi connectivity index (χ0) is 16.6. The minimum atomic E-state index is -0.0254. The Morgan fingerprint density at radius 1 is 1.12 bits per heavy atom. The van der Waals surface area contributed by atoms with Crippen LogP contribution in [0.3, 0.4) is 0 Å². The highest BCUT2D eigenvalue weighted by molar-refractivity contribution is 5.94. The second kappa shape index (κ2) is 8.50. The van der Waals surface area contributed by atoms with Crippen molar-refractivity contribution in [2.75, 3.05) is 13.1 Å². The molecule has 0 bridgehead atoms. The third kappa shape index (κ3) is 4.83. The Hall–Kier alpha value is -2.33. The summed E-state index contributed by atoms with van der Waals surface area (Å²) in [7, 11) is 0. The average molecular weight is 324 g/mol. The van der Waals surface area contributed by atoms with Crippen molar-refractivity contribution >= 4 is 5.91 Å². The Morgan fingerprint density at radius 2 is 1.92 bits per heavy atom. The first-order chi connectivity index (χ1) is 11.8. The average Bonchev–Trinajstić information content (AvgIpc) is 3.15. The molecule has 0 aliphatic carbocycles. The lowest BCUT2D eigenvalue weighted by atomic mass is 10.1. The monoisotopic (exact) mass is 324 g/mol. The van der Waals surface area contributed by atoms with Crippen LogP contribution in [-0.2, 0) is 6.61 Å². The third-order valence-corrected chi connectivity index (χ3v) is 4.31. The lowest BCUT2D eigenvalue weighted by Crippen LogP contribution is -2.30. The summed E-state index contributed by atoms with van der Waals surface area (Å²) in [6.07, 6.45) is 3.44. The highest BCUT2D eigenvalue weighted by atomic mass is 16.5. The summed E-state index contributed by atoms with van der Waals surface area (Å²) >= 11 is 0. The van der Waals surface area contributed by atoms with Crippen LogP contribution in [0, 0.1) is 0 Å². The van der Waals surface area contributed by atoms with E-state index < -0.39 is 0 Å². The van der Waals surface area contributed by atoms with Crippen molar-refractivity contribution in [3.63, 3.8) is 0 Å². The molecule has 1 fully saturated rings. The van der Waals surface area contributed by atoms with Crippen LogP contribution in [0.1, 0.15) is 35.2 Å². The van der Waals surface area contributed by atoms with E-state index >= 15 is 0 Å². The molecule has 1 aliphatic rings. The zero-order valence-corrected chi connectivity index (χ0v) is 13.8. The Labute approximate surface area is 143 Å². The molecule has 126 valence electrons. The van der Waals surface area contributed by atoms with Crippen molar-refractivity contribution in [2.45, 2.75) is 31.9 Å². The quantitative estimate of drug-likeness (QED) is 0.823. The van der Waals surface area contributed by atoms with Gasteiger partial charge < -0.3 is 15.4 Å². The van der Waals surface area contributed by atoms with Crippen LogP contribution >= 0.6 is 0 Å². The van der Waals surface area contributed by atoms with Gasteiger partial charge >= 0.3 is 0 Å². The van der Waals surface area contributed by atoms with E-state index in [-0.39, 0.29) is 5.91 Å². The fraction of sp³-hybridized carbons (Fsp3) is 0.350. The number of hydrogen-bond donors (Lipinski definition) is 2. The van der Waals surface area contributed by atoms with Gasteiger partial charge in [-0.1, -0.05) is 30.3 Å². The second-order valence-electron chi connectivity index (χ2n) is 6.14. The van der Waals surface area contributed by atoms with Crippen molar-refractivity contribution in [1.82, 2.24) is 10.6 Å². The van der Waals surface area contributed by atoms with E-state index in [4.69, 9.17) is 4.74 Å². The molecule has 1 atom stereocenters. The van der Waals surface area contributed by atoms with E-state index in [1.807, 2.05) is 54.6 Å². The molecular formula is C20H24N2O2. The maximum atomic E-state index is 12.1. The van der Waals surface area contributed by atoms with Gasteiger partial charge in [-0.05, 0) is 55.6 Å². The highest BCUT2D eigenvalue weighted by Crippen LogP contribution is 2.14. The molecule has 1 amide bonds. The maximum absolute atomic E-state index is 12.1. The van der Waals surface area contributed by atoms with Gasteiger partial charge in [0, 0.05) is 18.2 Å². The first kappa shape index (κ1) is 16.5. The number of carbonyl (C=O) groups excluding carboxylic acids is 1. The van der Waals surface area contributed by atoms with E-state index in [2.05, 4.69) is 10.6 Å². The molecule has 0 aromatic heterocycles. The maximum Gasteiger partial charge on any atom is 0.251 e. The molecule has 4 nitrogen and oxygen atoms in total. The molecule has 4 heteroatoms. The Kier molecular flexibility index (Phi) is 5.85. The van der Waals surface area contributed by atoms with Crippen LogP contribution in [0.4, 0.5) is 0 Å². The number of nitrogens with one attached hydrogen (secondary N) is 2. The lowest BCUT2D eigenvalue weighted by Gasteiger charge is -2.11. The van der Waals surface area contributed by atoms with E-state index in [1.54, 1.807) is 0 Å². The molecule has 0 unspecified atom stereocenters. The van der Waals surface area contributed by atoms with Crippen molar-refractivity contribution in [3.8, 4) is 5.75 Å². The van der Waals surface area contributed by atoms with Crippen LogP contribution in [0.15, 0.2) is 54.6 Å². The van der Waals surface area contributed by atoms with E-state index in [0.29, 0.717) is 24.8 Å². The summed E-state index contributed by atoms with van der Waals surface area (Å²) in [6.45, 7) is 2.34. The van der Waals surface area contributed by atoms with E-state index in [9.17, 15) is 4.79 Å². The number of carbonyl (C=O) groups is 1. The van der Waals surface area contributed by atoms with Crippen LogP contribution < -0.4 is 15.4 Å². The molecule has 24 heavy (non-hydrogen) atoms. The van der Waals surface area contributed by atoms with Gasteiger partial charge in [0.25, 0.3) is 5.91 Å². The molecule has 0 saturated carbocycles. The third-order valence-electron chi connectivity index (χ3n) is 4.31. The van der Waals surface area contributed by atoms with Crippen molar-refractivity contribution in [2.24, 2.45) is 0 Å². The topological polar surface area (TPSA) is 50.4 Å². The Bertz CT molecular complexity index is 634. The molecule has 2 aromatic rings. The predicted molar refractivity (Wildman–Crippen MR) is 95.2 cm³/mol. The van der Waals surface area contributed by atoms with Crippen molar-refractivity contribution < 1.29 is 9.53 Å². The standard InChI is InChI=1S/C20H24N2O2/c23-20(22-14-12-18-7-4-13-21-18)17-8-10-19(11-9-17)24-15-16-5-2-1-3-6-16/h1-3,5-6,8-11,18,21H,4,7,12-15H2,(H,22,23)/t18-/m1/s1. The van der Waals surface area contributed by atoms with Gasteiger partial charge in [-0.3, -0.25) is 4.79 Å². The van der Waals surface area contributed by atoms with E-state index in [0.717, 1.165) is 24.3 Å². The summed E-state index contributed by atoms with van der Waals surface area (Å²) in [5.41, 5.74) is 1.79. The Morgan fingerprint density at radius 3 is 2.62 bits per heavy atom. The first-order valence-corrected chi connectivity index (χ1v) is 8.59. The predicted octanol–water partition coefficient (Wildman–Crippen LogP) is 3.14. The first-order valence-electron chi connectivity index (χ1n) is 8.59. The molecule has 0 spiro atoms. The van der Waals surface area contributed by atoms with Crippen LogP contribution in [0.2, 0.25) is 0 Å². The van der Waals surface area contributed by atoms with Crippen molar-refractivity contribution in [3.05, 3.63) is 65.7 Å². The van der Waals surface area contributed by atoms with Gasteiger partial charge in [0.05, 0.1) is 0 Å². The SMILES string of the molecule is O=C(NCC[C@H]1CCCN1)c1ccc(OCc2ccccc2)cc1. The molecule has 3 rings (SSSR count). The van der Waals surface area contributed by atoms with Crippen LogP contribution in [-0.4, -0.2) is 25.0 Å². The van der Waals surface area contributed by atoms with Crippen LogP contribution in [0.5, 0.6) is 5.75 Å². The van der Waals surface area contributed by atoms with Gasteiger partial charge in [-0.15, -0.1) is 0 Å². The number of rotatable bonds is 7.